The standard InChI is InChI=1S/C18H18N2O5/c1-18(2,3)25-17(23)20-12-6-4-5-7-14(12)24-15-10-11(19-16(21)22)8-9-13(15)20/h4-10,19H,1-3H3,(H,21,22). The van der Waals surface area contributed by atoms with Gasteiger partial charge in [0.1, 0.15) is 5.60 Å². The van der Waals surface area contributed by atoms with Gasteiger partial charge >= 0.3 is 12.2 Å². The Morgan fingerprint density at radius 2 is 1.76 bits per heavy atom. The third-order valence-corrected chi connectivity index (χ3v) is 3.35. The van der Waals surface area contributed by atoms with Crippen LogP contribution in [0.2, 0.25) is 0 Å². The highest BCUT2D eigenvalue weighted by Crippen LogP contribution is 2.47. The summed E-state index contributed by atoms with van der Waals surface area (Å²) in [6.07, 6.45) is -1.72. The van der Waals surface area contributed by atoms with E-state index in [4.69, 9.17) is 14.6 Å². The number of fused-ring (bicyclic) bond motifs is 2. The Kier molecular flexibility index (Phi) is 4.00. The maximum absolute atomic E-state index is 12.7. The van der Waals surface area contributed by atoms with Crippen LogP contribution < -0.4 is 15.0 Å². The molecule has 0 fully saturated rings. The molecule has 0 spiro atoms. The molecule has 7 nitrogen and oxygen atoms in total. The van der Waals surface area contributed by atoms with Crippen molar-refractivity contribution >= 4 is 29.2 Å². The minimum atomic E-state index is -1.18. The van der Waals surface area contributed by atoms with Crippen LogP contribution in [0.5, 0.6) is 11.5 Å². The summed E-state index contributed by atoms with van der Waals surface area (Å²) in [5.41, 5.74) is 0.719. The van der Waals surface area contributed by atoms with Gasteiger partial charge < -0.3 is 14.6 Å². The largest absolute Gasteiger partial charge is 0.465 e. The van der Waals surface area contributed by atoms with Crippen LogP contribution >= 0.6 is 0 Å². The Bertz CT molecular complexity index is 842. The van der Waals surface area contributed by atoms with Crippen LogP contribution in [0, 0.1) is 0 Å². The normalized spacial score (nSPS) is 12.5. The summed E-state index contributed by atoms with van der Waals surface area (Å²) in [4.78, 5) is 25.0. The number of benzene rings is 2. The summed E-state index contributed by atoms with van der Waals surface area (Å²) in [7, 11) is 0. The maximum Gasteiger partial charge on any atom is 0.419 e. The molecule has 3 rings (SSSR count). The third-order valence-electron chi connectivity index (χ3n) is 3.35. The van der Waals surface area contributed by atoms with Gasteiger partial charge in [0.2, 0.25) is 0 Å². The minimum Gasteiger partial charge on any atom is -0.465 e. The summed E-state index contributed by atoms with van der Waals surface area (Å²) >= 11 is 0. The maximum atomic E-state index is 12.7. The van der Waals surface area contributed by atoms with Crippen molar-refractivity contribution in [1.82, 2.24) is 0 Å². The molecule has 0 atom stereocenters. The second-order valence-electron chi connectivity index (χ2n) is 6.50. The molecule has 0 radical (unpaired) electrons. The topological polar surface area (TPSA) is 88.1 Å². The summed E-state index contributed by atoms with van der Waals surface area (Å²) < 4.78 is 11.3. The van der Waals surface area contributed by atoms with E-state index in [1.807, 2.05) is 0 Å². The van der Waals surface area contributed by atoms with Gasteiger partial charge in [-0.05, 0) is 45.0 Å². The number of hydrogen-bond acceptors (Lipinski definition) is 4. The van der Waals surface area contributed by atoms with Crippen LogP contribution in [-0.2, 0) is 4.74 Å². The number of hydrogen-bond donors (Lipinski definition) is 2. The SMILES string of the molecule is CC(C)(C)OC(=O)N1c2ccccc2Oc2cc(NC(=O)O)ccc21. The molecule has 0 saturated carbocycles. The van der Waals surface area contributed by atoms with Gasteiger partial charge in [-0.25, -0.2) is 14.5 Å². The minimum absolute atomic E-state index is 0.342. The summed E-state index contributed by atoms with van der Waals surface area (Å²) in [5, 5.41) is 11.1. The van der Waals surface area contributed by atoms with Crippen LogP contribution in [0.3, 0.4) is 0 Å². The van der Waals surface area contributed by atoms with E-state index in [0.29, 0.717) is 28.6 Å². The summed E-state index contributed by atoms with van der Waals surface area (Å²) in [6, 6.07) is 11.8. The number of carbonyl (C=O) groups is 2. The monoisotopic (exact) mass is 342 g/mol. The Labute approximate surface area is 144 Å². The number of amides is 2. The Balaban J connectivity index is 2.06. The lowest BCUT2D eigenvalue weighted by atomic mass is 10.1. The van der Waals surface area contributed by atoms with E-state index < -0.39 is 17.8 Å². The third kappa shape index (κ3) is 3.50. The average molecular weight is 342 g/mol. The highest BCUT2D eigenvalue weighted by Gasteiger charge is 2.32. The average Bonchev–Trinajstić information content (AvgIpc) is 2.50. The van der Waals surface area contributed by atoms with Gasteiger partial charge in [0, 0.05) is 11.8 Å². The first-order valence-corrected chi connectivity index (χ1v) is 7.68. The quantitative estimate of drug-likeness (QED) is 0.765. The lowest BCUT2D eigenvalue weighted by Gasteiger charge is -2.32. The molecular formula is C18H18N2O5. The number of nitrogens with zero attached hydrogens (tertiary/aromatic N) is 1. The molecule has 7 heteroatoms. The van der Waals surface area contributed by atoms with E-state index in [1.54, 1.807) is 57.2 Å². The van der Waals surface area contributed by atoms with Crippen molar-refractivity contribution in [3.63, 3.8) is 0 Å². The van der Waals surface area contributed by atoms with E-state index in [-0.39, 0.29) is 0 Å². The number of para-hydroxylation sites is 2. The fourth-order valence-electron chi connectivity index (χ4n) is 2.46. The Morgan fingerprint density at radius 1 is 1.08 bits per heavy atom. The molecule has 25 heavy (non-hydrogen) atoms. The molecule has 1 heterocycles. The van der Waals surface area contributed by atoms with Crippen LogP contribution in [0.4, 0.5) is 26.7 Å². The Hall–Kier alpha value is -3.22. The van der Waals surface area contributed by atoms with E-state index in [1.165, 1.54) is 11.0 Å². The van der Waals surface area contributed by atoms with Crippen LogP contribution in [0.25, 0.3) is 0 Å². The van der Waals surface area contributed by atoms with Gasteiger partial charge in [-0.3, -0.25) is 5.32 Å². The van der Waals surface area contributed by atoms with E-state index in [2.05, 4.69) is 5.32 Å². The van der Waals surface area contributed by atoms with E-state index >= 15 is 0 Å². The zero-order valence-electron chi connectivity index (χ0n) is 14.1. The predicted molar refractivity (Wildman–Crippen MR) is 93.0 cm³/mol. The highest BCUT2D eigenvalue weighted by molar-refractivity contribution is 6.01. The first kappa shape index (κ1) is 16.6. The van der Waals surface area contributed by atoms with Gasteiger partial charge in [-0.2, -0.15) is 0 Å². The second kappa shape index (κ2) is 6.01. The molecule has 2 aromatic carbocycles. The number of carboxylic acid groups (broad SMARTS) is 1. The van der Waals surface area contributed by atoms with Gasteiger partial charge in [0.25, 0.3) is 0 Å². The number of anilines is 3. The van der Waals surface area contributed by atoms with Gasteiger partial charge in [-0.1, -0.05) is 12.1 Å². The fraction of sp³-hybridized carbons (Fsp3) is 0.222. The molecule has 130 valence electrons. The highest BCUT2D eigenvalue weighted by atomic mass is 16.6. The smallest absolute Gasteiger partial charge is 0.419 e. The van der Waals surface area contributed by atoms with Gasteiger partial charge in [0.15, 0.2) is 11.5 Å². The number of rotatable bonds is 1. The van der Waals surface area contributed by atoms with Crippen molar-refractivity contribution in [1.29, 1.82) is 0 Å². The van der Waals surface area contributed by atoms with Crippen molar-refractivity contribution < 1.29 is 24.2 Å². The molecule has 0 unspecified atom stereocenters. The lowest BCUT2D eigenvalue weighted by molar-refractivity contribution is 0.0596. The molecule has 0 aliphatic carbocycles. The van der Waals surface area contributed by atoms with Gasteiger partial charge in [0.05, 0.1) is 11.4 Å². The molecule has 2 aromatic rings. The fourth-order valence-corrected chi connectivity index (χ4v) is 2.46. The van der Waals surface area contributed by atoms with Gasteiger partial charge in [-0.15, -0.1) is 0 Å². The van der Waals surface area contributed by atoms with Crippen molar-refractivity contribution in [2.24, 2.45) is 0 Å². The van der Waals surface area contributed by atoms with Crippen LogP contribution in [0.1, 0.15) is 20.8 Å². The molecule has 0 bridgehead atoms. The lowest BCUT2D eigenvalue weighted by Crippen LogP contribution is -2.35. The molecule has 0 saturated heterocycles. The molecule has 0 aromatic heterocycles. The summed E-state index contributed by atoms with van der Waals surface area (Å²) in [6.45, 7) is 5.37. The van der Waals surface area contributed by atoms with E-state index in [9.17, 15) is 9.59 Å². The number of nitrogens with one attached hydrogen (secondary N) is 1. The molecule has 1 aliphatic heterocycles. The van der Waals surface area contributed by atoms with Crippen molar-refractivity contribution in [2.45, 2.75) is 26.4 Å². The van der Waals surface area contributed by atoms with E-state index in [0.717, 1.165) is 0 Å². The molecule has 2 amide bonds. The summed E-state index contributed by atoms with van der Waals surface area (Å²) in [5.74, 6) is 0.837. The van der Waals surface area contributed by atoms with Crippen LogP contribution in [-0.4, -0.2) is 22.9 Å². The van der Waals surface area contributed by atoms with Crippen molar-refractivity contribution in [3.05, 3.63) is 42.5 Å². The molecular weight excluding hydrogens is 324 g/mol. The van der Waals surface area contributed by atoms with Crippen molar-refractivity contribution in [3.8, 4) is 11.5 Å². The second-order valence-corrected chi connectivity index (χ2v) is 6.50. The first-order chi connectivity index (χ1) is 11.7. The van der Waals surface area contributed by atoms with Crippen molar-refractivity contribution in [2.75, 3.05) is 10.2 Å². The van der Waals surface area contributed by atoms with Crippen LogP contribution in [0.15, 0.2) is 42.5 Å². The number of carbonyl (C=O) groups excluding carboxylic acids is 1. The number of ether oxygens (including phenoxy) is 2. The molecule has 1 aliphatic rings. The Morgan fingerprint density at radius 3 is 2.44 bits per heavy atom. The first-order valence-electron chi connectivity index (χ1n) is 7.68. The molecule has 2 N–H and O–H groups in total. The zero-order chi connectivity index (χ0) is 18.2. The predicted octanol–water partition coefficient (Wildman–Crippen LogP) is 4.96. The zero-order valence-corrected chi connectivity index (χ0v) is 14.1.